The molecule has 14 heavy (non-hydrogen) atoms. The number of aromatic nitrogens is 1. The Bertz CT molecular complexity index is 386. The Balaban J connectivity index is 3.50. The van der Waals surface area contributed by atoms with Crippen LogP contribution < -0.4 is 5.73 Å². The lowest BCUT2D eigenvalue weighted by molar-refractivity contribution is -0.385. The second kappa shape index (κ2) is 3.70. The molecule has 1 heterocycles. The van der Waals surface area contributed by atoms with Gasteiger partial charge < -0.3 is 5.73 Å². The minimum absolute atomic E-state index is 0.435. The molecule has 1 rings (SSSR count). The van der Waals surface area contributed by atoms with Crippen molar-refractivity contribution in [1.82, 2.24) is 4.98 Å². The predicted octanol–water partition coefficient (Wildman–Crippen LogP) is 2.16. The number of hydrogen-bond acceptors (Lipinski definition) is 4. The van der Waals surface area contributed by atoms with Gasteiger partial charge in [0, 0.05) is 0 Å². The molecule has 1 aromatic heterocycles. The molecule has 0 aliphatic rings. The van der Waals surface area contributed by atoms with E-state index in [1.54, 1.807) is 0 Å². The number of anilines is 1. The number of pyridine rings is 1. The smallest absolute Gasteiger partial charge is 0.305 e. The number of nitrogens with zero attached hydrogens (tertiary/aromatic N) is 2. The van der Waals surface area contributed by atoms with Gasteiger partial charge in [-0.2, -0.15) is 0 Å². The molecule has 0 aromatic carbocycles. The van der Waals surface area contributed by atoms with Gasteiger partial charge in [0.15, 0.2) is 0 Å². The standard InChI is InChI=1S/C6H4ClF2N3O2/c7-5-3(6(8)9)4(12(13)14)2(10)1-11-5/h1,6H,10H2. The molecule has 0 unspecified atom stereocenters. The quantitative estimate of drug-likeness (QED) is 0.473. The Labute approximate surface area is 81.6 Å². The summed E-state index contributed by atoms with van der Waals surface area (Å²) in [6.07, 6.45) is -2.22. The average molecular weight is 224 g/mol. The van der Waals surface area contributed by atoms with Crippen molar-refractivity contribution in [3.05, 3.63) is 27.0 Å². The number of nitro groups is 1. The molecule has 0 spiro atoms. The highest BCUT2D eigenvalue weighted by Crippen LogP contribution is 2.37. The van der Waals surface area contributed by atoms with E-state index in [4.69, 9.17) is 17.3 Å². The largest absolute Gasteiger partial charge is 0.392 e. The van der Waals surface area contributed by atoms with Crippen LogP contribution in [0.3, 0.4) is 0 Å². The van der Waals surface area contributed by atoms with Gasteiger partial charge in [-0.1, -0.05) is 11.6 Å². The van der Waals surface area contributed by atoms with E-state index in [0.29, 0.717) is 0 Å². The summed E-state index contributed by atoms with van der Waals surface area (Å²) in [5, 5.41) is 9.79. The molecular formula is C6H4ClF2N3O2. The van der Waals surface area contributed by atoms with Crippen molar-refractivity contribution in [1.29, 1.82) is 0 Å². The summed E-state index contributed by atoms with van der Waals surface area (Å²) in [6.45, 7) is 0. The average Bonchev–Trinajstić information content (AvgIpc) is 2.07. The van der Waals surface area contributed by atoms with Crippen LogP contribution in [0, 0.1) is 10.1 Å². The van der Waals surface area contributed by atoms with Crippen LogP contribution in [0.4, 0.5) is 20.2 Å². The van der Waals surface area contributed by atoms with Crippen LogP contribution in [0.1, 0.15) is 12.0 Å². The van der Waals surface area contributed by atoms with Crippen molar-refractivity contribution < 1.29 is 13.7 Å². The van der Waals surface area contributed by atoms with Crippen molar-refractivity contribution >= 4 is 23.0 Å². The fraction of sp³-hybridized carbons (Fsp3) is 0.167. The molecule has 0 amide bonds. The van der Waals surface area contributed by atoms with Crippen molar-refractivity contribution in [2.45, 2.75) is 6.43 Å². The number of hydrogen-bond donors (Lipinski definition) is 1. The molecule has 0 atom stereocenters. The second-order valence-corrected chi connectivity index (χ2v) is 2.68. The molecule has 0 saturated carbocycles. The maximum Gasteiger partial charge on any atom is 0.305 e. The van der Waals surface area contributed by atoms with Crippen molar-refractivity contribution in [3.63, 3.8) is 0 Å². The van der Waals surface area contributed by atoms with E-state index in [-0.39, 0.29) is 0 Å². The molecule has 8 heteroatoms. The number of rotatable bonds is 2. The SMILES string of the molecule is Nc1cnc(Cl)c(C(F)F)c1[N+](=O)[O-]. The molecule has 0 aliphatic carbocycles. The maximum absolute atomic E-state index is 12.3. The third-order valence-corrected chi connectivity index (χ3v) is 1.77. The van der Waals surface area contributed by atoms with E-state index >= 15 is 0 Å². The lowest BCUT2D eigenvalue weighted by Gasteiger charge is -2.04. The third kappa shape index (κ3) is 1.72. The minimum atomic E-state index is -3.08. The highest BCUT2D eigenvalue weighted by atomic mass is 35.5. The zero-order valence-electron chi connectivity index (χ0n) is 6.58. The van der Waals surface area contributed by atoms with Crippen molar-refractivity contribution in [2.75, 3.05) is 5.73 Å². The van der Waals surface area contributed by atoms with Crippen LogP contribution in [-0.2, 0) is 0 Å². The fourth-order valence-corrected chi connectivity index (χ4v) is 1.13. The molecule has 76 valence electrons. The summed E-state index contributed by atoms with van der Waals surface area (Å²) in [5.41, 5.74) is 2.86. The van der Waals surface area contributed by atoms with E-state index in [1.807, 2.05) is 0 Å². The second-order valence-electron chi connectivity index (χ2n) is 2.32. The summed E-state index contributed by atoms with van der Waals surface area (Å²) in [7, 11) is 0. The monoisotopic (exact) mass is 223 g/mol. The zero-order chi connectivity index (χ0) is 10.9. The van der Waals surface area contributed by atoms with Gasteiger partial charge in [0.2, 0.25) is 0 Å². The molecule has 2 N–H and O–H groups in total. The van der Waals surface area contributed by atoms with Gasteiger partial charge in [-0.3, -0.25) is 10.1 Å². The first-order valence-electron chi connectivity index (χ1n) is 3.31. The molecule has 0 radical (unpaired) electrons. The van der Waals surface area contributed by atoms with Crippen LogP contribution >= 0.6 is 11.6 Å². The molecule has 0 aliphatic heterocycles. The van der Waals surface area contributed by atoms with Gasteiger partial charge in [-0.25, -0.2) is 13.8 Å². The maximum atomic E-state index is 12.3. The fourth-order valence-electron chi connectivity index (χ4n) is 0.907. The Morgan fingerprint density at radius 1 is 1.64 bits per heavy atom. The van der Waals surface area contributed by atoms with Crippen molar-refractivity contribution in [3.8, 4) is 0 Å². The molecule has 1 aromatic rings. The topological polar surface area (TPSA) is 82.0 Å². The lowest BCUT2D eigenvalue weighted by Crippen LogP contribution is -2.03. The van der Waals surface area contributed by atoms with Gasteiger partial charge in [0.05, 0.1) is 11.1 Å². The molecule has 5 nitrogen and oxygen atoms in total. The van der Waals surface area contributed by atoms with Gasteiger partial charge in [-0.05, 0) is 0 Å². The highest BCUT2D eigenvalue weighted by molar-refractivity contribution is 6.30. The number of nitrogen functional groups attached to an aromatic ring is 1. The number of halogens is 3. The first kappa shape index (κ1) is 10.6. The van der Waals surface area contributed by atoms with Crippen LogP contribution in [0.25, 0.3) is 0 Å². The third-order valence-electron chi connectivity index (χ3n) is 1.47. The number of nitrogens with two attached hydrogens (primary N) is 1. The van der Waals surface area contributed by atoms with Crippen LogP contribution in [0.5, 0.6) is 0 Å². The lowest BCUT2D eigenvalue weighted by atomic mass is 10.2. The number of alkyl halides is 2. The van der Waals surface area contributed by atoms with Crippen LogP contribution in [0.15, 0.2) is 6.20 Å². The van der Waals surface area contributed by atoms with E-state index in [2.05, 4.69) is 4.98 Å². The Kier molecular flexibility index (Phi) is 2.80. The van der Waals surface area contributed by atoms with E-state index in [1.165, 1.54) is 0 Å². The van der Waals surface area contributed by atoms with Gasteiger partial charge >= 0.3 is 5.69 Å². The first-order valence-corrected chi connectivity index (χ1v) is 3.69. The first-order chi connectivity index (χ1) is 6.45. The predicted molar refractivity (Wildman–Crippen MR) is 45.3 cm³/mol. The van der Waals surface area contributed by atoms with Crippen LogP contribution in [-0.4, -0.2) is 9.91 Å². The Morgan fingerprint density at radius 2 is 2.21 bits per heavy atom. The summed E-state index contributed by atoms with van der Waals surface area (Å²) < 4.78 is 24.7. The molecule has 0 saturated heterocycles. The highest BCUT2D eigenvalue weighted by Gasteiger charge is 2.28. The van der Waals surface area contributed by atoms with Gasteiger partial charge in [-0.15, -0.1) is 0 Å². The van der Waals surface area contributed by atoms with E-state index < -0.39 is 33.4 Å². The van der Waals surface area contributed by atoms with E-state index in [0.717, 1.165) is 6.20 Å². The molecular weight excluding hydrogens is 220 g/mol. The van der Waals surface area contributed by atoms with Crippen molar-refractivity contribution in [2.24, 2.45) is 0 Å². The van der Waals surface area contributed by atoms with E-state index in [9.17, 15) is 18.9 Å². The summed E-state index contributed by atoms with van der Waals surface area (Å²) in [5.74, 6) is 0. The summed E-state index contributed by atoms with van der Waals surface area (Å²) >= 11 is 5.29. The Morgan fingerprint density at radius 3 is 2.57 bits per heavy atom. The summed E-state index contributed by atoms with van der Waals surface area (Å²) in [6, 6.07) is 0. The minimum Gasteiger partial charge on any atom is -0.392 e. The van der Waals surface area contributed by atoms with Crippen LogP contribution in [0.2, 0.25) is 5.15 Å². The Hall–Kier alpha value is -1.50. The summed E-state index contributed by atoms with van der Waals surface area (Å²) in [4.78, 5) is 12.7. The molecule has 0 bridgehead atoms. The normalized spacial score (nSPS) is 10.6. The van der Waals surface area contributed by atoms with Gasteiger partial charge in [0.1, 0.15) is 16.4 Å². The molecule has 0 fully saturated rings. The zero-order valence-corrected chi connectivity index (χ0v) is 7.33. The van der Waals surface area contributed by atoms with Gasteiger partial charge in [0.25, 0.3) is 6.43 Å².